The largest absolute Gasteiger partial charge is 0.466 e. The Morgan fingerprint density at radius 1 is 0.852 bits per heavy atom. The van der Waals surface area contributed by atoms with Crippen molar-refractivity contribution in [2.45, 2.75) is 24.7 Å². The Labute approximate surface area is 159 Å². The molecule has 2 atom stereocenters. The Balaban J connectivity index is 1.79. The highest BCUT2D eigenvalue weighted by Crippen LogP contribution is 2.61. The lowest BCUT2D eigenvalue weighted by Gasteiger charge is -2.49. The molecule has 0 unspecified atom stereocenters. The van der Waals surface area contributed by atoms with E-state index in [4.69, 9.17) is 4.74 Å². The van der Waals surface area contributed by atoms with Gasteiger partial charge in [0, 0.05) is 30.1 Å². The van der Waals surface area contributed by atoms with Gasteiger partial charge in [0.2, 0.25) is 0 Å². The maximum atomic E-state index is 13.2. The number of carbonyl (C=O) groups is 1. The molecule has 0 fully saturated rings. The molecule has 0 spiro atoms. The monoisotopic (exact) mass is 355 g/mol. The molecule has 1 aromatic heterocycles. The molecule has 3 aromatic rings. The molecule has 3 aliphatic rings. The minimum Gasteiger partial charge on any atom is -0.466 e. The van der Waals surface area contributed by atoms with Gasteiger partial charge in [0.1, 0.15) is 0 Å². The van der Waals surface area contributed by atoms with Crippen LogP contribution in [0.4, 0.5) is 0 Å². The fourth-order valence-electron chi connectivity index (χ4n) is 5.18. The molecule has 3 heteroatoms. The number of fused-ring (bicyclic) bond motifs is 1. The second-order valence-corrected chi connectivity index (χ2v) is 7.30. The molecular formula is C24H21NO2. The maximum absolute atomic E-state index is 13.2. The molecule has 2 aromatic carbocycles. The lowest BCUT2D eigenvalue weighted by molar-refractivity contribution is -0.150. The second kappa shape index (κ2) is 6.34. The van der Waals surface area contributed by atoms with Gasteiger partial charge < -0.3 is 4.74 Å². The van der Waals surface area contributed by atoms with Gasteiger partial charge in [-0.25, -0.2) is 0 Å². The van der Waals surface area contributed by atoms with Crippen molar-refractivity contribution in [2.24, 2.45) is 5.92 Å². The van der Waals surface area contributed by atoms with Crippen molar-refractivity contribution in [3.8, 4) is 0 Å². The van der Waals surface area contributed by atoms with Crippen molar-refractivity contribution in [2.75, 3.05) is 6.61 Å². The van der Waals surface area contributed by atoms with Crippen LogP contribution in [0.5, 0.6) is 0 Å². The van der Waals surface area contributed by atoms with Gasteiger partial charge in [0.15, 0.2) is 0 Å². The molecule has 134 valence electrons. The lowest BCUT2D eigenvalue weighted by atomic mass is 9.53. The van der Waals surface area contributed by atoms with Gasteiger partial charge in [0.05, 0.1) is 12.5 Å². The van der Waals surface area contributed by atoms with Crippen LogP contribution in [-0.2, 0) is 9.53 Å². The molecule has 0 N–H and O–H groups in total. The molecule has 6 rings (SSSR count). The number of ether oxygens (including phenoxy) is 1. The quantitative estimate of drug-likeness (QED) is 0.643. The van der Waals surface area contributed by atoms with Crippen LogP contribution >= 0.6 is 0 Å². The molecule has 27 heavy (non-hydrogen) atoms. The summed E-state index contributed by atoms with van der Waals surface area (Å²) in [4.78, 5) is 17.3. The molecule has 0 aliphatic heterocycles. The predicted molar refractivity (Wildman–Crippen MR) is 104 cm³/mol. The van der Waals surface area contributed by atoms with Crippen molar-refractivity contribution >= 4 is 5.97 Å². The minimum absolute atomic E-state index is 0.0274. The lowest BCUT2D eigenvalue weighted by Crippen LogP contribution is -2.43. The number of aromatic nitrogens is 1. The zero-order valence-electron chi connectivity index (χ0n) is 15.2. The van der Waals surface area contributed by atoms with E-state index in [0.29, 0.717) is 6.61 Å². The standard InChI is InChI=1S/C24H21NO2/c1-2-27-24(26)23-20(15-11-13-25-14-12-15)21-16-7-3-5-9-18(16)22(23)19-10-6-4-8-17(19)21/h3-14,20-23H,2H2,1H3/t20-,21?,22?,23+/m1/s1. The van der Waals surface area contributed by atoms with Crippen molar-refractivity contribution in [3.05, 3.63) is 101 Å². The van der Waals surface area contributed by atoms with Gasteiger partial charge in [-0.15, -0.1) is 0 Å². The summed E-state index contributed by atoms with van der Waals surface area (Å²) < 4.78 is 5.56. The highest BCUT2D eigenvalue weighted by Gasteiger charge is 2.53. The van der Waals surface area contributed by atoms with Gasteiger partial charge in [-0.2, -0.15) is 0 Å². The van der Waals surface area contributed by atoms with E-state index in [1.54, 1.807) is 0 Å². The van der Waals surface area contributed by atoms with Crippen molar-refractivity contribution in [3.63, 3.8) is 0 Å². The highest BCUT2D eigenvalue weighted by molar-refractivity contribution is 5.80. The van der Waals surface area contributed by atoms with Gasteiger partial charge in [-0.3, -0.25) is 9.78 Å². The van der Waals surface area contributed by atoms with E-state index in [0.717, 1.165) is 5.56 Å². The number of pyridine rings is 1. The number of hydrogen-bond acceptors (Lipinski definition) is 3. The normalized spacial score (nSPS) is 24.8. The summed E-state index contributed by atoms with van der Waals surface area (Å²) in [5.41, 5.74) is 6.36. The smallest absolute Gasteiger partial charge is 0.310 e. The molecule has 2 bridgehead atoms. The molecule has 0 radical (unpaired) electrons. The fourth-order valence-corrected chi connectivity index (χ4v) is 5.18. The molecule has 0 amide bonds. The Morgan fingerprint density at radius 2 is 1.37 bits per heavy atom. The van der Waals surface area contributed by atoms with Gasteiger partial charge in [-0.05, 0) is 46.9 Å². The van der Waals surface area contributed by atoms with Gasteiger partial charge in [-0.1, -0.05) is 48.5 Å². The first-order valence-electron chi connectivity index (χ1n) is 9.55. The topological polar surface area (TPSA) is 39.2 Å². The van der Waals surface area contributed by atoms with Crippen molar-refractivity contribution in [1.29, 1.82) is 0 Å². The maximum Gasteiger partial charge on any atom is 0.310 e. The first-order valence-corrected chi connectivity index (χ1v) is 9.55. The number of carbonyl (C=O) groups excluding carboxylic acids is 1. The zero-order valence-corrected chi connectivity index (χ0v) is 15.2. The number of nitrogens with zero attached hydrogens (tertiary/aromatic N) is 1. The van der Waals surface area contributed by atoms with Crippen LogP contribution in [0.15, 0.2) is 73.1 Å². The van der Waals surface area contributed by atoms with E-state index in [2.05, 4.69) is 53.5 Å². The predicted octanol–water partition coefficient (Wildman–Crippen LogP) is 4.64. The number of rotatable bonds is 3. The highest BCUT2D eigenvalue weighted by atomic mass is 16.5. The first kappa shape index (κ1) is 16.2. The third-order valence-electron chi connectivity index (χ3n) is 6.09. The van der Waals surface area contributed by atoms with Gasteiger partial charge in [0.25, 0.3) is 0 Å². The van der Waals surface area contributed by atoms with E-state index in [1.807, 2.05) is 31.5 Å². The van der Waals surface area contributed by atoms with Crippen LogP contribution in [0, 0.1) is 5.92 Å². The molecule has 0 saturated heterocycles. The molecule has 1 heterocycles. The second-order valence-electron chi connectivity index (χ2n) is 7.30. The number of hydrogen-bond donors (Lipinski definition) is 0. The SMILES string of the molecule is CCOC(=O)[C@@H]1C2c3ccccc3C(c3ccccc32)[C@H]1c1ccncc1. The van der Waals surface area contributed by atoms with Crippen LogP contribution in [0.3, 0.4) is 0 Å². The van der Waals surface area contributed by atoms with Crippen molar-refractivity contribution in [1.82, 2.24) is 4.98 Å². The minimum atomic E-state index is -0.220. The Hall–Kier alpha value is -2.94. The summed E-state index contributed by atoms with van der Waals surface area (Å²) in [6, 6.07) is 21.2. The van der Waals surface area contributed by atoms with E-state index in [-0.39, 0.29) is 29.6 Å². The summed E-state index contributed by atoms with van der Waals surface area (Å²) in [7, 11) is 0. The Morgan fingerprint density at radius 3 is 1.89 bits per heavy atom. The molecular weight excluding hydrogens is 334 g/mol. The van der Waals surface area contributed by atoms with Crippen LogP contribution in [0.1, 0.15) is 52.5 Å². The third-order valence-corrected chi connectivity index (χ3v) is 6.09. The summed E-state index contributed by atoms with van der Waals surface area (Å²) in [5.74, 6) is -0.0823. The van der Waals surface area contributed by atoms with Crippen LogP contribution < -0.4 is 0 Å². The van der Waals surface area contributed by atoms with Crippen LogP contribution in [-0.4, -0.2) is 17.6 Å². The summed E-state index contributed by atoms with van der Waals surface area (Å²) in [6.45, 7) is 2.28. The van der Waals surface area contributed by atoms with Crippen LogP contribution in [0.2, 0.25) is 0 Å². The van der Waals surface area contributed by atoms with E-state index in [1.165, 1.54) is 22.3 Å². The number of benzene rings is 2. The molecule has 3 nitrogen and oxygen atoms in total. The molecule has 0 saturated carbocycles. The summed E-state index contributed by atoms with van der Waals surface area (Å²) >= 11 is 0. The van der Waals surface area contributed by atoms with Gasteiger partial charge >= 0.3 is 5.97 Å². The average Bonchev–Trinajstić information content (AvgIpc) is 2.74. The molecule has 3 aliphatic carbocycles. The number of esters is 1. The summed E-state index contributed by atoms with van der Waals surface area (Å²) in [6.07, 6.45) is 3.63. The first-order chi connectivity index (χ1) is 13.3. The average molecular weight is 355 g/mol. The Kier molecular flexibility index (Phi) is 3.82. The van der Waals surface area contributed by atoms with E-state index < -0.39 is 0 Å². The summed E-state index contributed by atoms with van der Waals surface area (Å²) in [5, 5.41) is 0. The van der Waals surface area contributed by atoms with Crippen LogP contribution in [0.25, 0.3) is 0 Å². The van der Waals surface area contributed by atoms with E-state index >= 15 is 0 Å². The Bertz CT molecular complexity index is 951. The fraction of sp³-hybridized carbons (Fsp3) is 0.250. The zero-order chi connectivity index (χ0) is 18.4. The van der Waals surface area contributed by atoms with Crippen molar-refractivity contribution < 1.29 is 9.53 Å². The van der Waals surface area contributed by atoms with E-state index in [9.17, 15) is 4.79 Å². The third kappa shape index (κ3) is 2.34.